The molecule has 19 heavy (non-hydrogen) atoms. The molecule has 0 atom stereocenters. The first-order valence-electron chi connectivity index (χ1n) is 5.98. The van der Waals surface area contributed by atoms with Gasteiger partial charge in [-0.05, 0) is 30.7 Å². The largest absolute Gasteiger partial charge is 0.497 e. The highest BCUT2D eigenvalue weighted by atomic mass is 79.9. The summed E-state index contributed by atoms with van der Waals surface area (Å²) in [4.78, 5) is 7.97. The first kappa shape index (κ1) is 12.2. The van der Waals surface area contributed by atoms with Crippen molar-refractivity contribution in [2.75, 3.05) is 7.11 Å². The van der Waals surface area contributed by atoms with Gasteiger partial charge in [0, 0.05) is 16.1 Å². The van der Waals surface area contributed by atoms with Crippen molar-refractivity contribution in [1.82, 2.24) is 9.97 Å². The van der Waals surface area contributed by atoms with Crippen molar-refractivity contribution in [3.8, 4) is 17.1 Å². The van der Waals surface area contributed by atoms with Crippen molar-refractivity contribution in [2.45, 2.75) is 6.92 Å². The maximum absolute atomic E-state index is 5.22. The molecule has 0 saturated heterocycles. The van der Waals surface area contributed by atoms with Crippen LogP contribution in [0.15, 0.2) is 40.9 Å². The predicted octanol–water partition coefficient (Wildman–Crippen LogP) is 4.31. The number of aromatic nitrogens is 2. The first-order chi connectivity index (χ1) is 9.19. The molecule has 0 aliphatic carbocycles. The Morgan fingerprint density at radius 3 is 2.84 bits per heavy atom. The highest BCUT2D eigenvalue weighted by Gasteiger charge is 2.09. The molecule has 0 saturated carbocycles. The first-order valence-corrected chi connectivity index (χ1v) is 6.77. The third-order valence-corrected chi connectivity index (χ3v) is 4.07. The Kier molecular flexibility index (Phi) is 3.03. The van der Waals surface area contributed by atoms with Crippen molar-refractivity contribution in [3.63, 3.8) is 0 Å². The van der Waals surface area contributed by atoms with Crippen molar-refractivity contribution in [3.05, 3.63) is 46.4 Å². The minimum absolute atomic E-state index is 0.827. The van der Waals surface area contributed by atoms with E-state index in [9.17, 15) is 0 Å². The number of halogens is 1. The van der Waals surface area contributed by atoms with Gasteiger partial charge in [-0.2, -0.15) is 0 Å². The fourth-order valence-corrected chi connectivity index (χ4v) is 2.47. The molecule has 1 aromatic heterocycles. The molecule has 2 aromatic carbocycles. The number of methoxy groups -OCH3 is 1. The summed E-state index contributed by atoms with van der Waals surface area (Å²) in [5, 5.41) is 0. The molecule has 4 heteroatoms. The van der Waals surface area contributed by atoms with Crippen LogP contribution in [0.4, 0.5) is 0 Å². The Labute approximate surface area is 119 Å². The van der Waals surface area contributed by atoms with E-state index in [0.29, 0.717) is 0 Å². The van der Waals surface area contributed by atoms with Gasteiger partial charge in [-0.1, -0.05) is 28.1 Å². The number of imidazole rings is 1. The normalized spacial score (nSPS) is 10.9. The van der Waals surface area contributed by atoms with Crippen LogP contribution in [-0.4, -0.2) is 17.1 Å². The summed E-state index contributed by atoms with van der Waals surface area (Å²) >= 11 is 3.55. The van der Waals surface area contributed by atoms with Crippen molar-refractivity contribution in [2.24, 2.45) is 0 Å². The zero-order valence-corrected chi connectivity index (χ0v) is 12.3. The predicted molar refractivity (Wildman–Crippen MR) is 80.5 cm³/mol. The number of ether oxygens (including phenoxy) is 1. The summed E-state index contributed by atoms with van der Waals surface area (Å²) in [6.07, 6.45) is 0. The van der Waals surface area contributed by atoms with E-state index in [1.165, 1.54) is 5.56 Å². The van der Waals surface area contributed by atoms with Gasteiger partial charge in [0.1, 0.15) is 11.6 Å². The van der Waals surface area contributed by atoms with Crippen LogP contribution < -0.4 is 4.74 Å². The lowest BCUT2D eigenvalue weighted by molar-refractivity contribution is 0.415. The number of hydrogen-bond acceptors (Lipinski definition) is 2. The van der Waals surface area contributed by atoms with Crippen LogP contribution in [-0.2, 0) is 0 Å². The van der Waals surface area contributed by atoms with Crippen LogP contribution in [0.3, 0.4) is 0 Å². The molecule has 0 amide bonds. The van der Waals surface area contributed by atoms with E-state index in [2.05, 4.69) is 38.9 Å². The van der Waals surface area contributed by atoms with Gasteiger partial charge < -0.3 is 9.72 Å². The second-order valence-corrected chi connectivity index (χ2v) is 5.24. The van der Waals surface area contributed by atoms with E-state index < -0.39 is 0 Å². The summed E-state index contributed by atoms with van der Waals surface area (Å²) in [7, 11) is 1.66. The average molecular weight is 317 g/mol. The lowest BCUT2D eigenvalue weighted by atomic mass is 10.1. The van der Waals surface area contributed by atoms with Gasteiger partial charge in [0.25, 0.3) is 0 Å². The maximum atomic E-state index is 5.22. The lowest BCUT2D eigenvalue weighted by Gasteiger charge is -2.03. The lowest BCUT2D eigenvalue weighted by Crippen LogP contribution is -1.86. The van der Waals surface area contributed by atoms with E-state index in [1.54, 1.807) is 7.11 Å². The van der Waals surface area contributed by atoms with E-state index in [4.69, 9.17) is 4.74 Å². The molecule has 3 aromatic rings. The number of benzene rings is 2. The Hall–Kier alpha value is -1.81. The molecule has 1 N–H and O–H groups in total. The Morgan fingerprint density at radius 1 is 1.21 bits per heavy atom. The van der Waals surface area contributed by atoms with Crippen molar-refractivity contribution < 1.29 is 4.74 Å². The SMILES string of the molecule is COc1ccc2nc(-c3cccc(Br)c3C)[nH]c2c1. The monoisotopic (exact) mass is 316 g/mol. The molecule has 0 fully saturated rings. The number of hydrogen-bond donors (Lipinski definition) is 1. The fourth-order valence-electron chi connectivity index (χ4n) is 2.11. The van der Waals surface area contributed by atoms with E-state index in [-0.39, 0.29) is 0 Å². The van der Waals surface area contributed by atoms with Crippen LogP contribution in [0.1, 0.15) is 5.56 Å². The summed E-state index contributed by atoms with van der Waals surface area (Å²) in [6.45, 7) is 2.08. The van der Waals surface area contributed by atoms with Crippen molar-refractivity contribution in [1.29, 1.82) is 0 Å². The number of rotatable bonds is 2. The molecule has 1 heterocycles. The summed E-state index contributed by atoms with van der Waals surface area (Å²) in [5.74, 6) is 1.70. The average Bonchev–Trinajstić information content (AvgIpc) is 2.84. The van der Waals surface area contributed by atoms with Gasteiger partial charge in [0.05, 0.1) is 18.1 Å². The zero-order valence-electron chi connectivity index (χ0n) is 10.7. The zero-order chi connectivity index (χ0) is 13.4. The minimum Gasteiger partial charge on any atom is -0.497 e. The maximum Gasteiger partial charge on any atom is 0.138 e. The van der Waals surface area contributed by atoms with Gasteiger partial charge in [0.15, 0.2) is 0 Å². The quantitative estimate of drug-likeness (QED) is 0.765. The third-order valence-electron chi connectivity index (χ3n) is 3.21. The highest BCUT2D eigenvalue weighted by Crippen LogP contribution is 2.29. The van der Waals surface area contributed by atoms with Gasteiger partial charge in [0.2, 0.25) is 0 Å². The Bertz CT molecular complexity index is 749. The summed E-state index contributed by atoms with van der Waals surface area (Å²) in [5.41, 5.74) is 4.20. The van der Waals surface area contributed by atoms with Crippen molar-refractivity contribution >= 4 is 27.0 Å². The third kappa shape index (κ3) is 2.12. The number of H-pyrrole nitrogens is 1. The van der Waals surface area contributed by atoms with E-state index in [1.807, 2.05) is 30.3 Å². The minimum atomic E-state index is 0.827. The molecule has 3 rings (SSSR count). The van der Waals surface area contributed by atoms with E-state index >= 15 is 0 Å². The van der Waals surface area contributed by atoms with Gasteiger partial charge in [-0.3, -0.25) is 0 Å². The molecule has 96 valence electrons. The summed E-state index contributed by atoms with van der Waals surface area (Å²) < 4.78 is 6.31. The number of fused-ring (bicyclic) bond motifs is 1. The van der Waals surface area contributed by atoms with Gasteiger partial charge in [-0.15, -0.1) is 0 Å². The molecule has 0 aliphatic rings. The number of aromatic amines is 1. The smallest absolute Gasteiger partial charge is 0.138 e. The molecule has 3 nitrogen and oxygen atoms in total. The van der Waals surface area contributed by atoms with E-state index in [0.717, 1.165) is 32.6 Å². The summed E-state index contributed by atoms with van der Waals surface area (Å²) in [6, 6.07) is 11.9. The van der Waals surface area contributed by atoms with Crippen LogP contribution in [0.25, 0.3) is 22.4 Å². The van der Waals surface area contributed by atoms with Crippen LogP contribution in [0.2, 0.25) is 0 Å². The molecule has 0 bridgehead atoms. The van der Waals surface area contributed by atoms with Crippen LogP contribution >= 0.6 is 15.9 Å². The molecule has 0 spiro atoms. The second-order valence-electron chi connectivity index (χ2n) is 4.38. The Morgan fingerprint density at radius 2 is 2.05 bits per heavy atom. The second kappa shape index (κ2) is 4.70. The van der Waals surface area contributed by atoms with Gasteiger partial charge >= 0.3 is 0 Å². The molecule has 0 aliphatic heterocycles. The molecule has 0 radical (unpaired) electrons. The topological polar surface area (TPSA) is 37.9 Å². The molecule has 0 unspecified atom stereocenters. The van der Waals surface area contributed by atoms with Crippen LogP contribution in [0, 0.1) is 6.92 Å². The highest BCUT2D eigenvalue weighted by molar-refractivity contribution is 9.10. The van der Waals surface area contributed by atoms with Crippen LogP contribution in [0.5, 0.6) is 5.75 Å². The standard InChI is InChI=1S/C15H13BrN2O/c1-9-11(4-3-5-12(9)16)15-17-13-7-6-10(19-2)8-14(13)18-15/h3-8H,1-2H3,(H,17,18). The Balaban J connectivity index is 2.18. The van der Waals surface area contributed by atoms with Gasteiger partial charge in [-0.25, -0.2) is 4.98 Å². The fraction of sp³-hybridized carbons (Fsp3) is 0.133. The number of nitrogens with one attached hydrogen (secondary N) is 1. The number of nitrogens with zero attached hydrogens (tertiary/aromatic N) is 1. The molecular weight excluding hydrogens is 304 g/mol. The molecular formula is C15H13BrN2O.